The summed E-state index contributed by atoms with van der Waals surface area (Å²) in [5.41, 5.74) is 0. The molecule has 0 aromatic carbocycles. The van der Waals surface area contributed by atoms with Crippen LogP contribution in [0, 0.1) is 5.92 Å². The first kappa shape index (κ1) is 16.1. The van der Waals surface area contributed by atoms with Crippen LogP contribution in [0.3, 0.4) is 0 Å². The SMILES string of the molecule is CC1OCCC1CNC(=O)N1CCCCC1CCC(=O)O. The van der Waals surface area contributed by atoms with E-state index in [1.165, 1.54) is 0 Å². The first-order valence-electron chi connectivity index (χ1n) is 7.96. The topological polar surface area (TPSA) is 78.9 Å². The van der Waals surface area contributed by atoms with Gasteiger partial charge < -0.3 is 20.1 Å². The number of hydrogen-bond acceptors (Lipinski definition) is 3. The number of likely N-dealkylation sites (tertiary alicyclic amines) is 1. The van der Waals surface area contributed by atoms with Crippen LogP contribution >= 0.6 is 0 Å². The molecule has 0 bridgehead atoms. The van der Waals surface area contributed by atoms with Crippen molar-refractivity contribution in [3.63, 3.8) is 0 Å². The first-order valence-corrected chi connectivity index (χ1v) is 7.96. The minimum atomic E-state index is -0.794. The van der Waals surface area contributed by atoms with Crippen molar-refractivity contribution in [1.82, 2.24) is 10.2 Å². The molecule has 2 amide bonds. The standard InChI is InChI=1S/C15H26N2O4/c1-11-12(7-9-21-11)10-16-15(20)17-8-3-2-4-13(17)5-6-14(18)19/h11-13H,2-10H2,1H3,(H,16,20)(H,18,19). The second kappa shape index (κ2) is 7.64. The van der Waals surface area contributed by atoms with E-state index in [2.05, 4.69) is 5.32 Å². The number of carboxylic acid groups (broad SMARTS) is 1. The Morgan fingerprint density at radius 1 is 1.33 bits per heavy atom. The summed E-state index contributed by atoms with van der Waals surface area (Å²) in [6.45, 7) is 4.18. The maximum Gasteiger partial charge on any atom is 0.317 e. The van der Waals surface area contributed by atoms with Crippen LogP contribution in [-0.4, -0.2) is 53.8 Å². The van der Waals surface area contributed by atoms with Gasteiger partial charge in [0.25, 0.3) is 0 Å². The smallest absolute Gasteiger partial charge is 0.317 e. The van der Waals surface area contributed by atoms with Gasteiger partial charge in [0.1, 0.15) is 0 Å². The molecule has 120 valence electrons. The third-order valence-electron chi connectivity index (χ3n) is 4.63. The highest BCUT2D eigenvalue weighted by Crippen LogP contribution is 2.22. The number of aliphatic carboxylic acids is 1. The van der Waals surface area contributed by atoms with Gasteiger partial charge in [-0.2, -0.15) is 0 Å². The van der Waals surface area contributed by atoms with Crippen molar-refractivity contribution in [2.45, 2.75) is 57.6 Å². The number of rotatable bonds is 5. The number of ether oxygens (including phenoxy) is 1. The number of amides is 2. The van der Waals surface area contributed by atoms with E-state index in [-0.39, 0.29) is 24.6 Å². The zero-order chi connectivity index (χ0) is 15.2. The molecule has 2 fully saturated rings. The highest BCUT2D eigenvalue weighted by molar-refractivity contribution is 5.74. The number of hydrogen-bond donors (Lipinski definition) is 2. The van der Waals surface area contributed by atoms with Gasteiger partial charge >= 0.3 is 12.0 Å². The molecule has 0 saturated carbocycles. The number of urea groups is 1. The van der Waals surface area contributed by atoms with Crippen molar-refractivity contribution in [3.05, 3.63) is 0 Å². The van der Waals surface area contributed by atoms with E-state index in [1.54, 1.807) is 0 Å². The van der Waals surface area contributed by atoms with E-state index in [1.807, 2.05) is 11.8 Å². The molecule has 3 unspecified atom stereocenters. The van der Waals surface area contributed by atoms with Crippen molar-refractivity contribution < 1.29 is 19.4 Å². The Balaban J connectivity index is 1.81. The quantitative estimate of drug-likeness (QED) is 0.811. The van der Waals surface area contributed by atoms with Crippen LogP contribution in [0.4, 0.5) is 4.79 Å². The normalized spacial score (nSPS) is 29.4. The molecule has 0 aliphatic carbocycles. The maximum absolute atomic E-state index is 12.3. The molecule has 0 spiro atoms. The van der Waals surface area contributed by atoms with Crippen LogP contribution in [0.1, 0.15) is 45.4 Å². The molecular weight excluding hydrogens is 272 g/mol. The molecule has 2 aliphatic rings. The van der Waals surface area contributed by atoms with Crippen LogP contribution in [0.5, 0.6) is 0 Å². The molecule has 0 radical (unpaired) electrons. The van der Waals surface area contributed by atoms with Gasteiger partial charge in [-0.05, 0) is 39.0 Å². The predicted octanol–water partition coefficient (Wildman–Crippen LogP) is 1.84. The molecule has 2 rings (SSSR count). The molecule has 0 aromatic rings. The number of nitrogens with zero attached hydrogens (tertiary/aromatic N) is 1. The van der Waals surface area contributed by atoms with E-state index >= 15 is 0 Å². The molecule has 2 aliphatic heterocycles. The first-order chi connectivity index (χ1) is 10.1. The predicted molar refractivity (Wildman–Crippen MR) is 78.1 cm³/mol. The van der Waals surface area contributed by atoms with Crippen molar-refractivity contribution in [2.75, 3.05) is 19.7 Å². The Labute approximate surface area is 125 Å². The van der Waals surface area contributed by atoms with Gasteiger partial charge in [-0.1, -0.05) is 0 Å². The van der Waals surface area contributed by atoms with E-state index < -0.39 is 5.97 Å². The van der Waals surface area contributed by atoms with Crippen LogP contribution < -0.4 is 5.32 Å². The third-order valence-corrected chi connectivity index (χ3v) is 4.63. The van der Waals surface area contributed by atoms with Gasteiger partial charge in [0.05, 0.1) is 6.10 Å². The zero-order valence-electron chi connectivity index (χ0n) is 12.7. The Morgan fingerprint density at radius 2 is 2.14 bits per heavy atom. The molecule has 6 heteroatoms. The van der Waals surface area contributed by atoms with Crippen molar-refractivity contribution in [2.24, 2.45) is 5.92 Å². The minimum Gasteiger partial charge on any atom is -0.481 e. The number of piperidine rings is 1. The van der Waals surface area contributed by atoms with Crippen molar-refractivity contribution in [1.29, 1.82) is 0 Å². The third kappa shape index (κ3) is 4.59. The molecule has 2 heterocycles. The van der Waals surface area contributed by atoms with Crippen molar-refractivity contribution in [3.8, 4) is 0 Å². The largest absolute Gasteiger partial charge is 0.481 e. The summed E-state index contributed by atoms with van der Waals surface area (Å²) in [7, 11) is 0. The number of carboxylic acids is 1. The maximum atomic E-state index is 12.3. The molecule has 6 nitrogen and oxygen atoms in total. The van der Waals surface area contributed by atoms with Gasteiger partial charge in [-0.15, -0.1) is 0 Å². The average Bonchev–Trinajstić information content (AvgIpc) is 2.88. The minimum absolute atomic E-state index is 0.0517. The van der Waals surface area contributed by atoms with E-state index in [4.69, 9.17) is 9.84 Å². The van der Waals surface area contributed by atoms with Crippen LogP contribution in [0.2, 0.25) is 0 Å². The van der Waals surface area contributed by atoms with E-state index in [9.17, 15) is 9.59 Å². The van der Waals surface area contributed by atoms with Crippen LogP contribution in [0.15, 0.2) is 0 Å². The van der Waals surface area contributed by atoms with E-state index in [0.717, 1.165) is 38.8 Å². The Hall–Kier alpha value is -1.30. The summed E-state index contributed by atoms with van der Waals surface area (Å²) in [4.78, 5) is 24.9. The lowest BCUT2D eigenvalue weighted by Crippen LogP contribution is -2.50. The second-order valence-electron chi connectivity index (χ2n) is 6.09. The number of carbonyl (C=O) groups excluding carboxylic acids is 1. The summed E-state index contributed by atoms with van der Waals surface area (Å²) in [5, 5.41) is 11.8. The molecular formula is C15H26N2O4. The van der Waals surface area contributed by atoms with Gasteiger partial charge in [-0.3, -0.25) is 4.79 Å². The Bertz CT molecular complexity index is 375. The van der Waals surface area contributed by atoms with Crippen LogP contribution in [0.25, 0.3) is 0 Å². The number of nitrogens with one attached hydrogen (secondary N) is 1. The molecule has 2 saturated heterocycles. The second-order valence-corrected chi connectivity index (χ2v) is 6.09. The van der Waals surface area contributed by atoms with Crippen LogP contribution in [-0.2, 0) is 9.53 Å². The highest BCUT2D eigenvalue weighted by Gasteiger charge is 2.29. The van der Waals surface area contributed by atoms with Gasteiger partial charge in [0.2, 0.25) is 0 Å². The summed E-state index contributed by atoms with van der Waals surface area (Å²) < 4.78 is 5.50. The van der Waals surface area contributed by atoms with Gasteiger partial charge in [-0.25, -0.2) is 4.79 Å². The molecule has 2 N–H and O–H groups in total. The lowest BCUT2D eigenvalue weighted by Gasteiger charge is -2.36. The highest BCUT2D eigenvalue weighted by atomic mass is 16.5. The fourth-order valence-electron chi connectivity index (χ4n) is 3.22. The number of carbonyl (C=O) groups is 2. The Kier molecular flexibility index (Phi) is 5.85. The van der Waals surface area contributed by atoms with Crippen molar-refractivity contribution >= 4 is 12.0 Å². The summed E-state index contributed by atoms with van der Waals surface area (Å²) in [5.74, 6) is -0.408. The fraction of sp³-hybridized carbons (Fsp3) is 0.867. The summed E-state index contributed by atoms with van der Waals surface area (Å²) in [6.07, 6.45) is 4.84. The van der Waals surface area contributed by atoms with Gasteiger partial charge in [0.15, 0.2) is 0 Å². The van der Waals surface area contributed by atoms with E-state index in [0.29, 0.717) is 18.9 Å². The average molecular weight is 298 g/mol. The Morgan fingerprint density at radius 3 is 2.81 bits per heavy atom. The molecule has 21 heavy (non-hydrogen) atoms. The summed E-state index contributed by atoms with van der Waals surface area (Å²) >= 11 is 0. The molecule has 0 aromatic heterocycles. The lowest BCUT2D eigenvalue weighted by molar-refractivity contribution is -0.137. The molecule has 3 atom stereocenters. The monoisotopic (exact) mass is 298 g/mol. The summed E-state index contributed by atoms with van der Waals surface area (Å²) in [6, 6.07) is 0.0105. The zero-order valence-corrected chi connectivity index (χ0v) is 12.7. The fourth-order valence-corrected chi connectivity index (χ4v) is 3.22. The lowest BCUT2D eigenvalue weighted by atomic mass is 9.98. The van der Waals surface area contributed by atoms with Gasteiger partial charge in [0, 0.05) is 38.1 Å².